The van der Waals surface area contributed by atoms with Crippen molar-refractivity contribution in [1.82, 2.24) is 4.72 Å². The molecule has 130 valence electrons. The molecule has 0 amide bonds. The fraction of sp³-hybridized carbons (Fsp3) is 0.571. The molecule has 1 fully saturated rings. The molecule has 0 aromatic heterocycles. The molecule has 1 aliphatic rings. The Kier molecular flexibility index (Phi) is 5.34. The summed E-state index contributed by atoms with van der Waals surface area (Å²) in [5, 5.41) is 0. The van der Waals surface area contributed by atoms with Gasteiger partial charge in [0.15, 0.2) is 9.84 Å². The number of rotatable bonds is 5. The fourth-order valence-corrected chi connectivity index (χ4v) is 4.84. The van der Waals surface area contributed by atoms with E-state index in [9.17, 15) is 16.8 Å². The molecular weight excluding hydrogens is 340 g/mol. The molecule has 1 aliphatic carbocycles. The largest absolute Gasteiger partial charge is 0.495 e. The van der Waals surface area contributed by atoms with Crippen LogP contribution >= 0.6 is 0 Å². The van der Waals surface area contributed by atoms with Crippen LogP contribution in [-0.2, 0) is 19.9 Å². The number of ether oxygens (including phenoxy) is 1. The molecule has 1 saturated carbocycles. The number of nitrogens with one attached hydrogen (secondary N) is 1. The van der Waals surface area contributed by atoms with Gasteiger partial charge >= 0.3 is 0 Å². The van der Waals surface area contributed by atoms with Crippen LogP contribution in [0.4, 0.5) is 0 Å². The summed E-state index contributed by atoms with van der Waals surface area (Å²) in [5.41, 5.74) is 5.82. The second-order valence-electron chi connectivity index (χ2n) is 5.82. The third kappa shape index (κ3) is 4.43. The monoisotopic (exact) mass is 362 g/mol. The Bertz CT molecular complexity index is 766. The van der Waals surface area contributed by atoms with Gasteiger partial charge in [-0.3, -0.25) is 0 Å². The average molecular weight is 362 g/mol. The van der Waals surface area contributed by atoms with Crippen molar-refractivity contribution in [2.24, 2.45) is 5.73 Å². The van der Waals surface area contributed by atoms with Crippen molar-refractivity contribution in [3.05, 3.63) is 18.2 Å². The number of sulfone groups is 1. The van der Waals surface area contributed by atoms with Crippen molar-refractivity contribution < 1.29 is 21.6 Å². The summed E-state index contributed by atoms with van der Waals surface area (Å²) >= 11 is 0. The number of sulfonamides is 1. The maximum absolute atomic E-state index is 12.6. The summed E-state index contributed by atoms with van der Waals surface area (Å²) in [7, 11) is -6.06. The van der Waals surface area contributed by atoms with E-state index in [-0.39, 0.29) is 27.6 Å². The summed E-state index contributed by atoms with van der Waals surface area (Å²) in [4.78, 5) is -0.234. The molecule has 0 aliphatic heterocycles. The third-order valence-electron chi connectivity index (χ3n) is 3.95. The Morgan fingerprint density at radius 3 is 2.26 bits per heavy atom. The van der Waals surface area contributed by atoms with Crippen LogP contribution in [0.25, 0.3) is 0 Å². The first-order valence-electron chi connectivity index (χ1n) is 7.29. The molecule has 3 N–H and O–H groups in total. The van der Waals surface area contributed by atoms with E-state index in [0.29, 0.717) is 12.8 Å². The van der Waals surface area contributed by atoms with E-state index < -0.39 is 19.9 Å². The summed E-state index contributed by atoms with van der Waals surface area (Å²) in [6, 6.07) is 3.71. The van der Waals surface area contributed by atoms with E-state index in [2.05, 4.69) is 4.72 Å². The van der Waals surface area contributed by atoms with E-state index in [1.54, 1.807) is 0 Å². The highest BCUT2D eigenvalue weighted by Gasteiger charge is 2.27. The van der Waals surface area contributed by atoms with Crippen LogP contribution in [0.3, 0.4) is 0 Å². The number of nitrogens with two attached hydrogens (primary N) is 1. The molecule has 0 spiro atoms. The highest BCUT2D eigenvalue weighted by molar-refractivity contribution is 7.91. The molecule has 0 unspecified atom stereocenters. The molecule has 2 rings (SSSR count). The van der Waals surface area contributed by atoms with Crippen molar-refractivity contribution in [2.45, 2.75) is 47.6 Å². The maximum Gasteiger partial charge on any atom is 0.244 e. The summed E-state index contributed by atoms with van der Waals surface area (Å²) in [6.07, 6.45) is 3.87. The van der Waals surface area contributed by atoms with Gasteiger partial charge in [0.2, 0.25) is 10.0 Å². The average Bonchev–Trinajstić information content (AvgIpc) is 2.48. The van der Waals surface area contributed by atoms with Crippen LogP contribution < -0.4 is 15.2 Å². The van der Waals surface area contributed by atoms with Crippen LogP contribution in [-0.4, -0.2) is 42.3 Å². The standard InChI is InChI=1S/C14H22N2O5S2/c1-21-13-8-7-12(22(2,17)18)9-14(13)23(19,20)16-11-5-3-10(15)4-6-11/h7-11,16H,3-6,15H2,1-2H3. The van der Waals surface area contributed by atoms with Gasteiger partial charge in [-0.25, -0.2) is 21.6 Å². The smallest absolute Gasteiger partial charge is 0.244 e. The zero-order chi connectivity index (χ0) is 17.3. The lowest BCUT2D eigenvalue weighted by atomic mass is 9.93. The van der Waals surface area contributed by atoms with Gasteiger partial charge in [-0.1, -0.05) is 0 Å². The van der Waals surface area contributed by atoms with Crippen molar-refractivity contribution in [1.29, 1.82) is 0 Å². The number of hydrogen-bond acceptors (Lipinski definition) is 6. The van der Waals surface area contributed by atoms with E-state index in [0.717, 1.165) is 25.2 Å². The molecule has 1 aromatic carbocycles. The minimum absolute atomic E-state index is 0.0654. The van der Waals surface area contributed by atoms with Crippen LogP contribution in [0.5, 0.6) is 5.75 Å². The minimum atomic E-state index is -3.88. The molecule has 1 aromatic rings. The van der Waals surface area contributed by atoms with Crippen molar-refractivity contribution in [2.75, 3.05) is 13.4 Å². The van der Waals surface area contributed by atoms with Gasteiger partial charge in [0.25, 0.3) is 0 Å². The molecule has 0 atom stereocenters. The molecule has 0 saturated heterocycles. The van der Waals surface area contributed by atoms with E-state index in [1.807, 2.05) is 0 Å². The summed E-state index contributed by atoms with van der Waals surface area (Å²) < 4.78 is 56.3. The highest BCUT2D eigenvalue weighted by atomic mass is 32.2. The zero-order valence-corrected chi connectivity index (χ0v) is 14.8. The predicted molar refractivity (Wildman–Crippen MR) is 86.7 cm³/mol. The van der Waals surface area contributed by atoms with Gasteiger partial charge in [-0.15, -0.1) is 0 Å². The van der Waals surface area contributed by atoms with Gasteiger partial charge in [0.05, 0.1) is 12.0 Å². The molecule has 0 radical (unpaired) electrons. The van der Waals surface area contributed by atoms with Gasteiger partial charge in [-0.05, 0) is 43.9 Å². The third-order valence-corrected chi connectivity index (χ3v) is 6.60. The molecule has 7 nitrogen and oxygen atoms in total. The second kappa shape index (κ2) is 6.76. The van der Waals surface area contributed by atoms with E-state index in [4.69, 9.17) is 10.5 Å². The maximum atomic E-state index is 12.6. The number of hydrogen-bond donors (Lipinski definition) is 2. The topological polar surface area (TPSA) is 116 Å². The molecular formula is C14H22N2O5S2. The highest BCUT2D eigenvalue weighted by Crippen LogP contribution is 2.28. The predicted octanol–water partition coefficient (Wildman–Crippen LogP) is 0.647. The van der Waals surface area contributed by atoms with Gasteiger partial charge < -0.3 is 10.5 Å². The van der Waals surface area contributed by atoms with E-state index >= 15 is 0 Å². The molecule has 0 bridgehead atoms. The Hall–Kier alpha value is -1.16. The van der Waals surface area contributed by atoms with Gasteiger partial charge in [-0.2, -0.15) is 0 Å². The molecule has 9 heteroatoms. The summed E-state index contributed by atoms with van der Waals surface area (Å²) in [5.74, 6) is 0.109. The van der Waals surface area contributed by atoms with Crippen LogP contribution in [0, 0.1) is 0 Å². The van der Waals surface area contributed by atoms with Crippen molar-refractivity contribution in [3.8, 4) is 5.75 Å². The second-order valence-corrected chi connectivity index (χ2v) is 9.52. The lowest BCUT2D eigenvalue weighted by Gasteiger charge is -2.26. The van der Waals surface area contributed by atoms with Crippen molar-refractivity contribution >= 4 is 19.9 Å². The first kappa shape index (κ1) is 18.2. The number of methoxy groups -OCH3 is 1. The van der Waals surface area contributed by atoms with Crippen LogP contribution in [0.15, 0.2) is 28.0 Å². The molecule has 23 heavy (non-hydrogen) atoms. The van der Waals surface area contributed by atoms with Crippen LogP contribution in [0.2, 0.25) is 0 Å². The minimum Gasteiger partial charge on any atom is -0.495 e. The quantitative estimate of drug-likeness (QED) is 0.794. The zero-order valence-electron chi connectivity index (χ0n) is 13.2. The lowest BCUT2D eigenvalue weighted by molar-refractivity contribution is 0.371. The van der Waals surface area contributed by atoms with Crippen LogP contribution in [0.1, 0.15) is 25.7 Å². The van der Waals surface area contributed by atoms with Gasteiger partial charge in [0, 0.05) is 18.3 Å². The Morgan fingerprint density at radius 2 is 1.74 bits per heavy atom. The SMILES string of the molecule is COc1ccc(S(C)(=O)=O)cc1S(=O)(=O)NC1CCC(N)CC1. The normalized spacial score (nSPS) is 22.7. The van der Waals surface area contributed by atoms with E-state index in [1.165, 1.54) is 19.2 Å². The Morgan fingerprint density at radius 1 is 1.13 bits per heavy atom. The summed E-state index contributed by atoms with van der Waals surface area (Å²) in [6.45, 7) is 0. The fourth-order valence-electron chi connectivity index (χ4n) is 2.62. The molecule has 0 heterocycles. The first-order valence-corrected chi connectivity index (χ1v) is 10.7. The van der Waals surface area contributed by atoms with Crippen molar-refractivity contribution in [3.63, 3.8) is 0 Å². The number of benzene rings is 1. The van der Waals surface area contributed by atoms with Gasteiger partial charge in [0.1, 0.15) is 10.6 Å². The Balaban J connectivity index is 2.34. The Labute approximate surface area is 137 Å². The lowest BCUT2D eigenvalue weighted by Crippen LogP contribution is -2.40. The first-order chi connectivity index (χ1) is 10.6.